The van der Waals surface area contributed by atoms with Gasteiger partial charge in [0.25, 0.3) is 0 Å². The fraction of sp³-hybridized carbons (Fsp3) is 0.250. The zero-order chi connectivity index (χ0) is 10.8. The lowest BCUT2D eigenvalue weighted by Gasteiger charge is -2.26. The van der Waals surface area contributed by atoms with E-state index in [2.05, 4.69) is 15.3 Å². The molecule has 0 saturated carbocycles. The molecule has 0 fully saturated rings. The van der Waals surface area contributed by atoms with Crippen LogP contribution in [0, 0.1) is 0 Å². The van der Waals surface area contributed by atoms with Crippen molar-refractivity contribution >= 4 is 17.8 Å². The van der Waals surface area contributed by atoms with Gasteiger partial charge in [-0.25, -0.2) is 14.8 Å². The number of hydrogen-bond acceptors (Lipinski definition) is 4. The lowest BCUT2D eigenvalue weighted by atomic mass is 10.2. The average molecular weight is 208 g/mol. The summed E-state index contributed by atoms with van der Waals surface area (Å²) in [4.78, 5) is 30.7. The Kier molecular flexibility index (Phi) is 2.20. The van der Waals surface area contributed by atoms with Crippen molar-refractivity contribution in [2.24, 2.45) is 0 Å². The van der Waals surface area contributed by atoms with Crippen LogP contribution in [-0.2, 0) is 11.3 Å². The number of carbonyl (C=O) groups is 2. The number of carboxylic acids is 1. The predicted molar refractivity (Wildman–Crippen MR) is 49.2 cm³/mol. The number of rotatable bonds is 2. The maximum absolute atomic E-state index is 11.4. The molecule has 0 atom stereocenters. The minimum atomic E-state index is -1.09. The minimum Gasteiger partial charge on any atom is -0.480 e. The van der Waals surface area contributed by atoms with Gasteiger partial charge >= 0.3 is 12.0 Å². The summed E-state index contributed by atoms with van der Waals surface area (Å²) in [5.74, 6) is -0.729. The minimum absolute atomic E-state index is 0.325. The summed E-state index contributed by atoms with van der Waals surface area (Å²) in [5, 5.41) is 11.2. The molecule has 7 nitrogen and oxygen atoms in total. The summed E-state index contributed by atoms with van der Waals surface area (Å²) >= 11 is 0. The van der Waals surface area contributed by atoms with Gasteiger partial charge in [-0.05, 0) is 0 Å². The molecule has 0 aliphatic carbocycles. The molecule has 78 valence electrons. The number of hydrogen-bond donors (Lipinski definition) is 2. The molecule has 0 aromatic carbocycles. The third-order valence-corrected chi connectivity index (χ3v) is 1.99. The van der Waals surface area contributed by atoms with E-state index < -0.39 is 18.5 Å². The lowest BCUT2D eigenvalue weighted by Crippen LogP contribution is -2.47. The number of nitrogens with zero attached hydrogens (tertiary/aromatic N) is 3. The Balaban J connectivity index is 2.37. The van der Waals surface area contributed by atoms with Gasteiger partial charge in [-0.1, -0.05) is 0 Å². The first kappa shape index (κ1) is 9.38. The molecule has 0 unspecified atom stereocenters. The van der Waals surface area contributed by atoms with Gasteiger partial charge in [-0.2, -0.15) is 0 Å². The van der Waals surface area contributed by atoms with E-state index >= 15 is 0 Å². The number of nitrogens with one attached hydrogen (secondary N) is 1. The maximum atomic E-state index is 11.4. The molecular formula is C8H8N4O3. The molecule has 1 aromatic rings. The Morgan fingerprint density at radius 2 is 2.47 bits per heavy atom. The lowest BCUT2D eigenvalue weighted by molar-refractivity contribution is -0.135. The first-order valence-electron chi connectivity index (χ1n) is 4.24. The summed E-state index contributed by atoms with van der Waals surface area (Å²) in [5.41, 5.74) is 0.707. The molecular weight excluding hydrogens is 200 g/mol. The highest BCUT2D eigenvalue weighted by Crippen LogP contribution is 2.19. The smallest absolute Gasteiger partial charge is 0.323 e. The van der Waals surface area contributed by atoms with Crippen LogP contribution in [0.15, 0.2) is 12.5 Å². The van der Waals surface area contributed by atoms with E-state index in [9.17, 15) is 9.59 Å². The summed E-state index contributed by atoms with van der Waals surface area (Å²) < 4.78 is 0. The van der Waals surface area contributed by atoms with E-state index in [1.807, 2.05) is 0 Å². The van der Waals surface area contributed by atoms with Crippen LogP contribution in [0.3, 0.4) is 0 Å². The number of carbonyl (C=O) groups excluding carboxylic acids is 1. The van der Waals surface area contributed by atoms with Crippen LogP contribution in [0.4, 0.5) is 10.6 Å². The largest absolute Gasteiger partial charge is 0.480 e. The van der Waals surface area contributed by atoms with Crippen molar-refractivity contribution in [2.75, 3.05) is 11.4 Å². The van der Waals surface area contributed by atoms with Crippen LogP contribution in [0.5, 0.6) is 0 Å². The first-order chi connectivity index (χ1) is 7.18. The van der Waals surface area contributed by atoms with Crippen LogP contribution in [0.2, 0.25) is 0 Å². The monoisotopic (exact) mass is 208 g/mol. The van der Waals surface area contributed by atoms with Gasteiger partial charge in [-0.3, -0.25) is 9.69 Å². The molecule has 2 heterocycles. The normalized spacial score (nSPS) is 14.4. The van der Waals surface area contributed by atoms with Crippen molar-refractivity contribution in [3.05, 3.63) is 18.1 Å². The van der Waals surface area contributed by atoms with Crippen molar-refractivity contribution < 1.29 is 14.7 Å². The van der Waals surface area contributed by atoms with Gasteiger partial charge in [0, 0.05) is 18.3 Å². The molecule has 2 rings (SSSR count). The summed E-state index contributed by atoms with van der Waals surface area (Å²) in [6, 6.07) is -0.455. The zero-order valence-electron chi connectivity index (χ0n) is 7.67. The SMILES string of the molecule is O=C(O)CN1C(=O)NCc2cncnc21. The number of aliphatic carboxylic acids is 1. The average Bonchev–Trinajstić information content (AvgIpc) is 2.22. The van der Waals surface area contributed by atoms with E-state index in [4.69, 9.17) is 5.11 Å². The molecule has 7 heteroatoms. The van der Waals surface area contributed by atoms with E-state index in [0.717, 1.165) is 4.90 Å². The summed E-state index contributed by atoms with van der Waals surface area (Å²) in [6.45, 7) is -0.0824. The molecule has 0 bridgehead atoms. The predicted octanol–water partition coefficient (Wildman–Crippen LogP) is -0.409. The number of fused-ring (bicyclic) bond motifs is 1. The van der Waals surface area contributed by atoms with Gasteiger partial charge in [0.1, 0.15) is 18.7 Å². The number of anilines is 1. The van der Waals surface area contributed by atoms with Crippen molar-refractivity contribution in [1.82, 2.24) is 15.3 Å². The molecule has 0 radical (unpaired) electrons. The van der Waals surface area contributed by atoms with Crippen molar-refractivity contribution in [3.8, 4) is 0 Å². The fourth-order valence-electron chi connectivity index (χ4n) is 1.36. The van der Waals surface area contributed by atoms with Gasteiger partial charge < -0.3 is 10.4 Å². The third-order valence-electron chi connectivity index (χ3n) is 1.99. The van der Waals surface area contributed by atoms with Crippen LogP contribution in [0.1, 0.15) is 5.56 Å². The highest BCUT2D eigenvalue weighted by atomic mass is 16.4. The molecule has 0 spiro atoms. The second kappa shape index (κ2) is 3.52. The molecule has 1 aliphatic heterocycles. The standard InChI is InChI=1S/C8H8N4O3/c13-6(14)3-12-7-5(1-9-4-11-7)2-10-8(12)15/h1,4H,2-3H2,(H,10,15)(H,13,14). The van der Waals surface area contributed by atoms with E-state index in [-0.39, 0.29) is 0 Å². The first-order valence-corrected chi connectivity index (χ1v) is 4.24. The van der Waals surface area contributed by atoms with Crippen molar-refractivity contribution in [3.63, 3.8) is 0 Å². The molecule has 1 aliphatic rings. The highest BCUT2D eigenvalue weighted by Gasteiger charge is 2.26. The molecule has 2 N–H and O–H groups in total. The Hall–Kier alpha value is -2.18. The number of carboxylic acid groups (broad SMARTS) is 1. The van der Waals surface area contributed by atoms with Crippen LogP contribution < -0.4 is 10.2 Å². The van der Waals surface area contributed by atoms with Gasteiger partial charge in [0.15, 0.2) is 0 Å². The van der Waals surface area contributed by atoms with Crippen molar-refractivity contribution in [1.29, 1.82) is 0 Å². The highest BCUT2D eigenvalue weighted by molar-refractivity contribution is 5.97. The molecule has 15 heavy (non-hydrogen) atoms. The fourth-order valence-corrected chi connectivity index (χ4v) is 1.36. The summed E-state index contributed by atoms with van der Waals surface area (Å²) in [7, 11) is 0. The third kappa shape index (κ3) is 1.71. The van der Waals surface area contributed by atoms with Crippen LogP contribution in [0.25, 0.3) is 0 Å². The van der Waals surface area contributed by atoms with Gasteiger partial charge in [-0.15, -0.1) is 0 Å². The van der Waals surface area contributed by atoms with Crippen LogP contribution in [-0.4, -0.2) is 33.6 Å². The Morgan fingerprint density at radius 1 is 1.67 bits per heavy atom. The maximum Gasteiger partial charge on any atom is 0.323 e. The topological polar surface area (TPSA) is 95.4 Å². The van der Waals surface area contributed by atoms with E-state index in [0.29, 0.717) is 17.9 Å². The number of aromatic nitrogens is 2. The van der Waals surface area contributed by atoms with Crippen LogP contribution >= 0.6 is 0 Å². The Morgan fingerprint density at radius 3 is 3.20 bits per heavy atom. The van der Waals surface area contributed by atoms with E-state index in [1.165, 1.54) is 6.33 Å². The van der Waals surface area contributed by atoms with Gasteiger partial charge in [0.05, 0.1) is 0 Å². The second-order valence-electron chi connectivity index (χ2n) is 3.01. The molecule has 1 aromatic heterocycles. The second-order valence-corrected chi connectivity index (χ2v) is 3.01. The number of urea groups is 1. The Labute approximate surface area is 84.8 Å². The molecule has 2 amide bonds. The quantitative estimate of drug-likeness (QED) is 0.688. The Bertz CT molecular complexity index is 420. The van der Waals surface area contributed by atoms with Crippen molar-refractivity contribution in [2.45, 2.75) is 6.54 Å². The van der Waals surface area contributed by atoms with E-state index in [1.54, 1.807) is 6.20 Å². The molecule has 0 saturated heterocycles. The summed E-state index contributed by atoms with van der Waals surface area (Å²) in [6.07, 6.45) is 2.84. The van der Waals surface area contributed by atoms with Gasteiger partial charge in [0.2, 0.25) is 0 Å². The number of amides is 2. The zero-order valence-corrected chi connectivity index (χ0v) is 7.67.